The molecule has 1 amide bonds. The van der Waals surface area contributed by atoms with Crippen molar-refractivity contribution in [3.8, 4) is 5.75 Å². The lowest BCUT2D eigenvalue weighted by atomic mass is 10.1. The molecular weight excluding hydrogens is 477 g/mol. The number of amides is 1. The molecule has 2 heterocycles. The molecule has 0 unspecified atom stereocenters. The van der Waals surface area contributed by atoms with E-state index < -0.39 is 5.91 Å². The van der Waals surface area contributed by atoms with Crippen LogP contribution in [-0.4, -0.2) is 15.7 Å². The van der Waals surface area contributed by atoms with Crippen LogP contribution in [0.25, 0.3) is 0 Å². The quantitative estimate of drug-likeness (QED) is 0.346. The van der Waals surface area contributed by atoms with Crippen LogP contribution in [0.1, 0.15) is 33.0 Å². The van der Waals surface area contributed by atoms with Gasteiger partial charge in [0.15, 0.2) is 11.6 Å². The minimum absolute atomic E-state index is 0.157. The van der Waals surface area contributed by atoms with Gasteiger partial charge in [0.1, 0.15) is 23.9 Å². The van der Waals surface area contributed by atoms with E-state index in [0.29, 0.717) is 22.6 Å². The van der Waals surface area contributed by atoms with Crippen molar-refractivity contribution in [2.45, 2.75) is 27.0 Å². The number of nitrogens with one attached hydrogen (secondary N) is 1. The highest BCUT2D eigenvalue weighted by atomic mass is 79.9. The third-order valence-corrected chi connectivity index (χ3v) is 5.39. The Morgan fingerprint density at radius 1 is 1.16 bits per heavy atom. The van der Waals surface area contributed by atoms with Crippen LogP contribution in [0.15, 0.2) is 69.7 Å². The zero-order valence-corrected chi connectivity index (χ0v) is 19.1. The average Bonchev–Trinajstić information content (AvgIpc) is 3.37. The Hall–Kier alpha value is -3.39. The maximum Gasteiger partial charge on any atom is 0.292 e. The van der Waals surface area contributed by atoms with E-state index in [-0.39, 0.29) is 18.2 Å². The topological polar surface area (TPSA) is 69.3 Å². The number of aromatic nitrogens is 2. The third-order valence-electron chi connectivity index (χ3n) is 4.81. The first-order valence-corrected chi connectivity index (χ1v) is 10.7. The SMILES string of the molecule is Cc1ccc(C)c(OCc2ccc(C(=O)Nc3nn(Cc4ccc(F)cc4)cc3Br)o2)c1. The Kier molecular flexibility index (Phi) is 6.41. The van der Waals surface area contributed by atoms with Crippen LogP contribution in [0, 0.1) is 19.7 Å². The second-order valence-electron chi connectivity index (χ2n) is 7.43. The van der Waals surface area contributed by atoms with Crippen LogP contribution in [0.4, 0.5) is 10.2 Å². The van der Waals surface area contributed by atoms with E-state index in [2.05, 4.69) is 26.3 Å². The fourth-order valence-corrected chi connectivity index (χ4v) is 3.51. The number of halogens is 2. The van der Waals surface area contributed by atoms with Gasteiger partial charge in [-0.25, -0.2) is 4.39 Å². The van der Waals surface area contributed by atoms with Gasteiger partial charge in [-0.1, -0.05) is 24.3 Å². The summed E-state index contributed by atoms with van der Waals surface area (Å²) < 4.78 is 26.8. The molecule has 0 atom stereocenters. The summed E-state index contributed by atoms with van der Waals surface area (Å²) in [5.41, 5.74) is 3.02. The lowest BCUT2D eigenvalue weighted by Crippen LogP contribution is -2.12. The standard InChI is InChI=1S/C24H21BrFN3O3/c1-15-3-4-16(2)22(11-15)31-14-19-9-10-21(32-19)24(30)27-23-20(25)13-29(28-23)12-17-5-7-18(26)8-6-17/h3-11,13H,12,14H2,1-2H3,(H,27,28,30). The number of carbonyl (C=O) groups is 1. The number of furan rings is 1. The number of ether oxygens (including phenoxy) is 1. The Morgan fingerprint density at radius 3 is 2.72 bits per heavy atom. The van der Waals surface area contributed by atoms with Crippen molar-refractivity contribution in [2.24, 2.45) is 0 Å². The average molecular weight is 498 g/mol. The molecule has 6 nitrogen and oxygen atoms in total. The maximum atomic E-state index is 13.1. The number of rotatable bonds is 7. The number of carbonyl (C=O) groups excluding carboxylic acids is 1. The van der Waals surface area contributed by atoms with Gasteiger partial charge in [-0.05, 0) is 76.8 Å². The van der Waals surface area contributed by atoms with E-state index in [0.717, 1.165) is 22.4 Å². The summed E-state index contributed by atoms with van der Waals surface area (Å²) in [4.78, 5) is 12.6. The van der Waals surface area contributed by atoms with E-state index in [9.17, 15) is 9.18 Å². The van der Waals surface area contributed by atoms with Crippen LogP contribution >= 0.6 is 15.9 Å². The summed E-state index contributed by atoms with van der Waals surface area (Å²) in [6, 6.07) is 15.5. The molecule has 0 bridgehead atoms. The highest BCUT2D eigenvalue weighted by Crippen LogP contribution is 2.23. The van der Waals surface area contributed by atoms with Crippen LogP contribution in [0.5, 0.6) is 5.75 Å². The van der Waals surface area contributed by atoms with E-state index in [1.165, 1.54) is 12.1 Å². The normalized spacial score (nSPS) is 10.9. The van der Waals surface area contributed by atoms with Crippen LogP contribution in [-0.2, 0) is 13.2 Å². The van der Waals surface area contributed by atoms with Gasteiger partial charge < -0.3 is 14.5 Å². The molecule has 164 valence electrons. The summed E-state index contributed by atoms with van der Waals surface area (Å²) in [5, 5.41) is 7.10. The summed E-state index contributed by atoms with van der Waals surface area (Å²) >= 11 is 3.40. The Labute approximate surface area is 193 Å². The first-order chi connectivity index (χ1) is 15.4. The van der Waals surface area contributed by atoms with Crippen molar-refractivity contribution in [1.82, 2.24) is 9.78 Å². The molecule has 0 aliphatic rings. The monoisotopic (exact) mass is 497 g/mol. The molecule has 0 fully saturated rings. The Bertz CT molecular complexity index is 1250. The summed E-state index contributed by atoms with van der Waals surface area (Å²) in [6.45, 7) is 4.63. The van der Waals surface area contributed by atoms with Gasteiger partial charge in [0.2, 0.25) is 0 Å². The largest absolute Gasteiger partial charge is 0.485 e. The molecule has 4 rings (SSSR count). The Morgan fingerprint density at radius 2 is 1.94 bits per heavy atom. The predicted octanol–water partition coefficient (Wildman–Crippen LogP) is 5.87. The molecule has 32 heavy (non-hydrogen) atoms. The number of hydrogen-bond donors (Lipinski definition) is 1. The first kappa shape index (κ1) is 21.8. The molecule has 1 N–H and O–H groups in total. The van der Waals surface area contributed by atoms with Crippen molar-refractivity contribution in [1.29, 1.82) is 0 Å². The minimum Gasteiger partial charge on any atom is -0.485 e. The molecule has 2 aromatic carbocycles. The zero-order chi connectivity index (χ0) is 22.7. The van der Waals surface area contributed by atoms with Gasteiger partial charge in [0.05, 0.1) is 11.0 Å². The van der Waals surface area contributed by atoms with Gasteiger partial charge in [-0.2, -0.15) is 5.10 Å². The van der Waals surface area contributed by atoms with E-state index >= 15 is 0 Å². The molecular formula is C24H21BrFN3O3. The van der Waals surface area contributed by atoms with Crippen molar-refractivity contribution in [3.63, 3.8) is 0 Å². The molecule has 0 radical (unpaired) electrons. The summed E-state index contributed by atoms with van der Waals surface area (Å²) in [7, 11) is 0. The lowest BCUT2D eigenvalue weighted by molar-refractivity contribution is 0.0992. The van der Waals surface area contributed by atoms with E-state index in [1.807, 2.05) is 32.0 Å². The fourth-order valence-electron chi connectivity index (χ4n) is 3.10. The number of aryl methyl sites for hydroxylation is 2. The van der Waals surface area contributed by atoms with Crippen LogP contribution in [0.3, 0.4) is 0 Å². The number of anilines is 1. The van der Waals surface area contributed by atoms with Crippen molar-refractivity contribution >= 4 is 27.7 Å². The van der Waals surface area contributed by atoms with Gasteiger partial charge in [0, 0.05) is 6.20 Å². The molecule has 0 aliphatic carbocycles. The second-order valence-corrected chi connectivity index (χ2v) is 8.28. The van der Waals surface area contributed by atoms with Crippen LogP contribution in [0.2, 0.25) is 0 Å². The summed E-state index contributed by atoms with van der Waals surface area (Å²) in [6.07, 6.45) is 1.74. The zero-order valence-electron chi connectivity index (χ0n) is 17.6. The van der Waals surface area contributed by atoms with Crippen molar-refractivity contribution < 1.29 is 18.3 Å². The van der Waals surface area contributed by atoms with E-state index in [4.69, 9.17) is 9.15 Å². The fraction of sp³-hybridized carbons (Fsp3) is 0.167. The van der Waals surface area contributed by atoms with Crippen LogP contribution < -0.4 is 10.1 Å². The maximum absolute atomic E-state index is 13.1. The molecule has 2 aromatic heterocycles. The van der Waals surface area contributed by atoms with Gasteiger partial charge in [0.25, 0.3) is 5.91 Å². The predicted molar refractivity (Wildman–Crippen MR) is 122 cm³/mol. The molecule has 0 saturated heterocycles. The van der Waals surface area contributed by atoms with Crippen molar-refractivity contribution in [3.05, 3.63) is 99.3 Å². The molecule has 0 spiro atoms. The first-order valence-electron chi connectivity index (χ1n) is 9.95. The third kappa shape index (κ3) is 5.26. The second kappa shape index (κ2) is 9.40. The highest BCUT2D eigenvalue weighted by molar-refractivity contribution is 9.10. The highest BCUT2D eigenvalue weighted by Gasteiger charge is 2.16. The number of nitrogens with zero attached hydrogens (tertiary/aromatic N) is 2. The summed E-state index contributed by atoms with van der Waals surface area (Å²) in [5.74, 6) is 1.13. The lowest BCUT2D eigenvalue weighted by Gasteiger charge is -2.08. The number of benzene rings is 2. The minimum atomic E-state index is -0.421. The van der Waals surface area contributed by atoms with Gasteiger partial charge >= 0.3 is 0 Å². The number of hydrogen-bond acceptors (Lipinski definition) is 4. The molecule has 0 saturated carbocycles. The smallest absolute Gasteiger partial charge is 0.292 e. The van der Waals surface area contributed by atoms with Gasteiger partial charge in [-0.15, -0.1) is 0 Å². The van der Waals surface area contributed by atoms with E-state index in [1.54, 1.807) is 35.1 Å². The van der Waals surface area contributed by atoms with Crippen molar-refractivity contribution in [2.75, 3.05) is 5.32 Å². The van der Waals surface area contributed by atoms with Gasteiger partial charge in [-0.3, -0.25) is 9.48 Å². The molecule has 0 aliphatic heterocycles. The molecule has 8 heteroatoms. The Balaban J connectivity index is 1.38. The molecule has 4 aromatic rings.